The zero-order valence-electron chi connectivity index (χ0n) is 18.6. The lowest BCUT2D eigenvalue weighted by molar-refractivity contribution is -0.114. The molecule has 3 atom stereocenters. The van der Waals surface area contributed by atoms with E-state index < -0.39 is 0 Å². The number of ether oxygens (including phenoxy) is 1. The van der Waals surface area contributed by atoms with E-state index in [-0.39, 0.29) is 30.0 Å². The standard InChI is InChI=1S/C25H27N5O3/c1-14-23(33-18-6-7-20(27-11-18)25(32)28-17-4-5-17)13-30(14)12-15-8-22-21(26-10-15)9-19(16-2-3-16)24(31)29-22/h6-11,14,16-17,21,23H,2-5,12-13H2,1H3,(H,28,32)/t14-,21?,23+/m1/s1. The molecule has 6 rings (SSSR count). The number of aromatic nitrogens is 1. The largest absolute Gasteiger partial charge is 0.486 e. The smallest absolute Gasteiger partial charge is 0.273 e. The van der Waals surface area contributed by atoms with E-state index in [0.717, 1.165) is 55.6 Å². The molecule has 2 aliphatic carbocycles. The highest BCUT2D eigenvalue weighted by molar-refractivity contribution is 6.17. The van der Waals surface area contributed by atoms with Crippen LogP contribution in [0.25, 0.3) is 0 Å². The van der Waals surface area contributed by atoms with Gasteiger partial charge in [-0.15, -0.1) is 0 Å². The summed E-state index contributed by atoms with van der Waals surface area (Å²) in [5.41, 5.74) is 3.07. The summed E-state index contributed by atoms with van der Waals surface area (Å²) in [6.45, 7) is 3.66. The first-order chi connectivity index (χ1) is 16.0. The van der Waals surface area contributed by atoms with Gasteiger partial charge in [0.1, 0.15) is 23.6 Å². The van der Waals surface area contributed by atoms with Gasteiger partial charge in [-0.3, -0.25) is 19.5 Å². The van der Waals surface area contributed by atoms with E-state index in [1.165, 1.54) is 0 Å². The Balaban J connectivity index is 1.02. The zero-order chi connectivity index (χ0) is 22.5. The lowest BCUT2D eigenvalue weighted by Gasteiger charge is -2.46. The second-order valence-electron chi connectivity index (χ2n) is 9.63. The van der Waals surface area contributed by atoms with Gasteiger partial charge in [0.05, 0.1) is 11.9 Å². The van der Waals surface area contributed by atoms with Gasteiger partial charge in [-0.05, 0) is 68.4 Å². The molecular formula is C25H27N5O3. The Morgan fingerprint density at radius 1 is 1.24 bits per heavy atom. The molecule has 2 amide bonds. The Kier molecular flexibility index (Phi) is 4.98. The molecule has 1 aromatic heterocycles. The van der Waals surface area contributed by atoms with Crippen molar-refractivity contribution in [3.8, 4) is 5.75 Å². The number of amides is 2. The van der Waals surface area contributed by atoms with E-state index in [2.05, 4.69) is 32.1 Å². The Labute approximate surface area is 192 Å². The van der Waals surface area contributed by atoms with E-state index in [1.54, 1.807) is 12.3 Å². The van der Waals surface area contributed by atoms with Crippen molar-refractivity contribution >= 4 is 23.7 Å². The number of nitrogens with one attached hydrogen (secondary N) is 1. The molecule has 8 nitrogen and oxygen atoms in total. The number of hydrogen-bond acceptors (Lipinski definition) is 6. The molecule has 2 saturated carbocycles. The second-order valence-corrected chi connectivity index (χ2v) is 9.63. The first-order valence-electron chi connectivity index (χ1n) is 11.8. The minimum Gasteiger partial charge on any atom is -0.486 e. The maximum Gasteiger partial charge on any atom is 0.273 e. The van der Waals surface area contributed by atoms with Gasteiger partial charge >= 0.3 is 0 Å². The third-order valence-electron chi connectivity index (χ3n) is 6.95. The number of dihydropyridines is 2. The van der Waals surface area contributed by atoms with Crippen molar-refractivity contribution in [1.29, 1.82) is 0 Å². The molecule has 0 aromatic carbocycles. The number of nitrogens with zero attached hydrogens (tertiary/aromatic N) is 4. The van der Waals surface area contributed by atoms with Gasteiger partial charge in [0.2, 0.25) is 0 Å². The predicted molar refractivity (Wildman–Crippen MR) is 124 cm³/mol. The van der Waals surface area contributed by atoms with Crippen LogP contribution < -0.4 is 10.1 Å². The highest BCUT2D eigenvalue weighted by Gasteiger charge is 2.38. The van der Waals surface area contributed by atoms with Crippen LogP contribution in [-0.2, 0) is 4.79 Å². The summed E-state index contributed by atoms with van der Waals surface area (Å²) >= 11 is 0. The van der Waals surface area contributed by atoms with Crippen LogP contribution in [0.15, 0.2) is 51.6 Å². The third-order valence-corrected chi connectivity index (χ3v) is 6.95. The normalized spacial score (nSPS) is 28.8. The van der Waals surface area contributed by atoms with Crippen molar-refractivity contribution in [1.82, 2.24) is 15.2 Å². The quantitative estimate of drug-likeness (QED) is 0.694. The Bertz CT molecular complexity index is 1110. The maximum absolute atomic E-state index is 12.3. The first-order valence-corrected chi connectivity index (χ1v) is 11.8. The molecule has 3 aliphatic heterocycles. The van der Waals surface area contributed by atoms with Crippen LogP contribution in [0.2, 0.25) is 0 Å². The van der Waals surface area contributed by atoms with Crippen molar-refractivity contribution in [2.75, 3.05) is 13.1 Å². The minimum atomic E-state index is -0.125. The van der Waals surface area contributed by atoms with E-state index in [9.17, 15) is 9.59 Å². The predicted octanol–water partition coefficient (Wildman–Crippen LogP) is 2.12. The molecule has 0 bridgehead atoms. The Morgan fingerprint density at radius 2 is 2.09 bits per heavy atom. The van der Waals surface area contributed by atoms with Crippen molar-refractivity contribution in [2.24, 2.45) is 15.9 Å². The van der Waals surface area contributed by atoms with Gasteiger partial charge in [0, 0.05) is 37.0 Å². The zero-order valence-corrected chi connectivity index (χ0v) is 18.6. The molecule has 3 fully saturated rings. The highest BCUT2D eigenvalue weighted by atomic mass is 16.5. The van der Waals surface area contributed by atoms with Gasteiger partial charge in [-0.1, -0.05) is 0 Å². The molecule has 0 radical (unpaired) electrons. The SMILES string of the molecule is C[C@@H]1[C@@H](Oc2ccc(C(=O)NC3CC3)nc2)CN1CC1=CC2=NC(=O)C(C3CC3)=CC2N=C1. The summed E-state index contributed by atoms with van der Waals surface area (Å²) in [6, 6.07) is 3.94. The van der Waals surface area contributed by atoms with Crippen LogP contribution in [0.4, 0.5) is 0 Å². The van der Waals surface area contributed by atoms with Crippen LogP contribution >= 0.6 is 0 Å². The van der Waals surface area contributed by atoms with Gasteiger partial charge in [-0.2, -0.15) is 0 Å². The molecule has 1 aromatic rings. The topological polar surface area (TPSA) is 96.2 Å². The van der Waals surface area contributed by atoms with Crippen molar-refractivity contribution in [3.05, 3.63) is 47.3 Å². The summed E-state index contributed by atoms with van der Waals surface area (Å²) in [5, 5.41) is 2.94. The van der Waals surface area contributed by atoms with Crippen LogP contribution in [0.3, 0.4) is 0 Å². The lowest BCUT2D eigenvalue weighted by Crippen LogP contribution is -2.61. The van der Waals surface area contributed by atoms with Crippen molar-refractivity contribution < 1.29 is 14.3 Å². The van der Waals surface area contributed by atoms with Crippen LogP contribution in [0, 0.1) is 5.92 Å². The molecule has 1 unspecified atom stereocenters. The fourth-order valence-electron chi connectivity index (χ4n) is 4.48. The van der Waals surface area contributed by atoms with Crippen LogP contribution in [-0.4, -0.2) is 70.9 Å². The fourth-order valence-corrected chi connectivity index (χ4v) is 4.48. The van der Waals surface area contributed by atoms with Gasteiger partial charge in [0.15, 0.2) is 0 Å². The van der Waals surface area contributed by atoms with Crippen molar-refractivity contribution in [2.45, 2.75) is 56.8 Å². The highest BCUT2D eigenvalue weighted by Crippen LogP contribution is 2.39. The summed E-state index contributed by atoms with van der Waals surface area (Å²) < 4.78 is 6.09. The monoisotopic (exact) mass is 445 g/mol. The van der Waals surface area contributed by atoms with Crippen molar-refractivity contribution in [3.63, 3.8) is 0 Å². The summed E-state index contributed by atoms with van der Waals surface area (Å²) in [6.07, 6.45) is 11.9. The van der Waals surface area contributed by atoms with Gasteiger partial charge < -0.3 is 10.1 Å². The number of pyridine rings is 1. The van der Waals surface area contributed by atoms with E-state index in [1.807, 2.05) is 24.4 Å². The van der Waals surface area contributed by atoms with Gasteiger partial charge in [0.25, 0.3) is 11.8 Å². The van der Waals surface area contributed by atoms with Gasteiger partial charge in [-0.25, -0.2) is 9.98 Å². The summed E-state index contributed by atoms with van der Waals surface area (Å²) in [4.78, 5) is 39.9. The molecule has 1 N–H and O–H groups in total. The molecule has 0 spiro atoms. The second kappa shape index (κ2) is 8.02. The van der Waals surface area contributed by atoms with E-state index in [0.29, 0.717) is 23.4 Å². The fraction of sp³-hybridized carbons (Fsp3) is 0.480. The number of rotatable bonds is 7. The van der Waals surface area contributed by atoms with Crippen LogP contribution in [0.1, 0.15) is 43.1 Å². The minimum absolute atomic E-state index is 0.0597. The average Bonchev–Trinajstić information content (AvgIpc) is 3.73. The molecule has 170 valence electrons. The number of carbonyl (C=O) groups excluding carboxylic acids is 2. The molecule has 33 heavy (non-hydrogen) atoms. The lowest BCUT2D eigenvalue weighted by atomic mass is 9.95. The number of hydrogen-bond donors (Lipinski definition) is 1. The van der Waals surface area contributed by atoms with E-state index >= 15 is 0 Å². The maximum atomic E-state index is 12.3. The Morgan fingerprint density at radius 3 is 2.79 bits per heavy atom. The summed E-state index contributed by atoms with van der Waals surface area (Å²) in [5.74, 6) is 0.852. The number of carbonyl (C=O) groups is 2. The summed E-state index contributed by atoms with van der Waals surface area (Å²) in [7, 11) is 0. The van der Waals surface area contributed by atoms with Crippen LogP contribution in [0.5, 0.6) is 5.75 Å². The molecular weight excluding hydrogens is 418 g/mol. The number of fused-ring (bicyclic) bond motifs is 1. The average molecular weight is 446 g/mol. The molecule has 4 heterocycles. The molecule has 1 saturated heterocycles. The number of aliphatic imine (C=N–C) groups is 2. The van der Waals surface area contributed by atoms with E-state index in [4.69, 9.17) is 4.74 Å². The Hall–Kier alpha value is -3.13. The number of likely N-dealkylation sites (tertiary alicyclic amines) is 1. The molecule has 5 aliphatic rings. The molecule has 8 heteroatoms. The first kappa shape index (κ1) is 20.5. The third kappa shape index (κ3) is 4.27.